The highest BCUT2D eigenvalue weighted by Crippen LogP contribution is 2.15. The summed E-state index contributed by atoms with van der Waals surface area (Å²) in [5.41, 5.74) is 6.85. The Balaban J connectivity index is 1.80. The minimum atomic E-state index is -0.454. The Morgan fingerprint density at radius 1 is 1.32 bits per heavy atom. The number of hydrogen-bond donors (Lipinski definition) is 3. The van der Waals surface area contributed by atoms with E-state index in [1.54, 1.807) is 20.0 Å². The fraction of sp³-hybridized carbons (Fsp3) is 0.176. The maximum absolute atomic E-state index is 11.8. The van der Waals surface area contributed by atoms with Crippen LogP contribution in [-0.4, -0.2) is 28.1 Å². The predicted molar refractivity (Wildman–Crippen MR) is 92.9 cm³/mol. The van der Waals surface area contributed by atoms with Crippen LogP contribution in [0.2, 0.25) is 0 Å². The molecule has 8 nitrogen and oxygen atoms in total. The number of aromatic nitrogens is 2. The molecule has 1 heterocycles. The molecule has 2 aromatic rings. The smallest absolute Gasteiger partial charge is 0.257 e. The van der Waals surface area contributed by atoms with E-state index in [0.29, 0.717) is 17.1 Å². The Hall–Kier alpha value is -3.60. The van der Waals surface area contributed by atoms with Gasteiger partial charge in [0, 0.05) is 13.1 Å². The highest BCUT2D eigenvalue weighted by atomic mass is 16.2. The van der Waals surface area contributed by atoms with Crippen molar-refractivity contribution in [3.05, 3.63) is 53.2 Å². The molecule has 0 radical (unpaired) electrons. The molecule has 8 heteroatoms. The second-order valence-electron chi connectivity index (χ2n) is 5.18. The Labute approximate surface area is 145 Å². The summed E-state index contributed by atoms with van der Waals surface area (Å²) in [6.07, 6.45) is 3.01. The quantitative estimate of drug-likeness (QED) is 0.534. The van der Waals surface area contributed by atoms with E-state index in [1.807, 2.05) is 36.4 Å². The van der Waals surface area contributed by atoms with E-state index >= 15 is 0 Å². The normalized spacial score (nSPS) is 10.3. The van der Waals surface area contributed by atoms with Gasteiger partial charge in [-0.2, -0.15) is 10.4 Å². The lowest BCUT2D eigenvalue weighted by Crippen LogP contribution is -2.39. The average molecular weight is 338 g/mol. The molecule has 3 N–H and O–H groups in total. The van der Waals surface area contributed by atoms with E-state index in [1.165, 1.54) is 10.8 Å². The molecule has 0 aliphatic carbocycles. The number of rotatable bonds is 6. The van der Waals surface area contributed by atoms with Gasteiger partial charge < -0.3 is 5.32 Å². The van der Waals surface area contributed by atoms with Crippen LogP contribution in [0.1, 0.15) is 16.8 Å². The minimum Gasteiger partial charge on any atom is -0.343 e. The summed E-state index contributed by atoms with van der Waals surface area (Å²) in [6.45, 7) is 1.49. The standard InChI is InChI=1S/C17H18N6O2/c1-12-14(10-18)17(23(2)22-12)21-20-16(25)11-19-15(24)9-8-13-6-4-3-5-7-13/h3-9,21H,11H2,1-2H3,(H,19,24)(H,20,25)/b9-8+. The van der Waals surface area contributed by atoms with E-state index in [0.717, 1.165) is 5.56 Å². The molecule has 0 bridgehead atoms. The third-order valence-electron chi connectivity index (χ3n) is 3.30. The molecule has 25 heavy (non-hydrogen) atoms. The molecule has 0 atom stereocenters. The van der Waals surface area contributed by atoms with Crippen molar-refractivity contribution in [2.24, 2.45) is 7.05 Å². The van der Waals surface area contributed by atoms with Gasteiger partial charge in [-0.1, -0.05) is 30.3 Å². The number of nitrogens with one attached hydrogen (secondary N) is 3. The van der Waals surface area contributed by atoms with Crippen LogP contribution < -0.4 is 16.2 Å². The summed E-state index contributed by atoms with van der Waals surface area (Å²) in [7, 11) is 1.65. The fourth-order valence-corrected chi connectivity index (χ4v) is 2.07. The molecule has 0 unspecified atom stereocenters. The van der Waals surface area contributed by atoms with Crippen LogP contribution in [0.4, 0.5) is 5.82 Å². The van der Waals surface area contributed by atoms with Crippen LogP contribution in [0.15, 0.2) is 36.4 Å². The summed E-state index contributed by atoms with van der Waals surface area (Å²) in [5, 5.41) is 15.6. The highest BCUT2D eigenvalue weighted by Gasteiger charge is 2.13. The molecule has 128 valence electrons. The van der Waals surface area contributed by atoms with Gasteiger partial charge in [0.15, 0.2) is 5.82 Å². The van der Waals surface area contributed by atoms with Crippen molar-refractivity contribution >= 4 is 23.7 Å². The summed E-state index contributed by atoms with van der Waals surface area (Å²) in [5.74, 6) is -0.457. The van der Waals surface area contributed by atoms with Crippen LogP contribution >= 0.6 is 0 Å². The van der Waals surface area contributed by atoms with Crippen molar-refractivity contribution < 1.29 is 9.59 Å². The van der Waals surface area contributed by atoms with Crippen molar-refractivity contribution in [2.75, 3.05) is 12.0 Å². The highest BCUT2D eigenvalue weighted by molar-refractivity contribution is 5.94. The first kappa shape index (κ1) is 17.7. The Bertz CT molecular complexity index is 833. The third-order valence-corrected chi connectivity index (χ3v) is 3.30. The number of hydrogen-bond acceptors (Lipinski definition) is 5. The van der Waals surface area contributed by atoms with Crippen molar-refractivity contribution in [1.82, 2.24) is 20.5 Å². The zero-order chi connectivity index (χ0) is 18.2. The molecule has 1 aromatic carbocycles. The molecule has 2 amide bonds. The van der Waals surface area contributed by atoms with Gasteiger partial charge in [0.1, 0.15) is 11.6 Å². The Morgan fingerprint density at radius 3 is 2.72 bits per heavy atom. The second-order valence-corrected chi connectivity index (χ2v) is 5.18. The molecule has 0 aliphatic heterocycles. The van der Waals surface area contributed by atoms with Crippen LogP contribution in [-0.2, 0) is 16.6 Å². The van der Waals surface area contributed by atoms with E-state index in [4.69, 9.17) is 5.26 Å². The zero-order valence-corrected chi connectivity index (χ0v) is 13.9. The summed E-state index contributed by atoms with van der Waals surface area (Å²) in [4.78, 5) is 23.5. The SMILES string of the molecule is Cc1nn(C)c(NNC(=O)CNC(=O)/C=C/c2ccccc2)c1C#N. The molecule has 0 saturated heterocycles. The topological polar surface area (TPSA) is 112 Å². The van der Waals surface area contributed by atoms with Gasteiger partial charge in [0.25, 0.3) is 5.91 Å². The number of amides is 2. The monoisotopic (exact) mass is 338 g/mol. The largest absolute Gasteiger partial charge is 0.343 e. The van der Waals surface area contributed by atoms with Crippen LogP contribution in [0, 0.1) is 18.3 Å². The number of hydrazine groups is 1. The molecule has 1 aromatic heterocycles. The third kappa shape index (κ3) is 4.94. The van der Waals surface area contributed by atoms with Gasteiger partial charge in [-0.3, -0.25) is 25.1 Å². The number of carbonyl (C=O) groups is 2. The zero-order valence-electron chi connectivity index (χ0n) is 13.9. The Kier molecular flexibility index (Phi) is 5.90. The fourth-order valence-electron chi connectivity index (χ4n) is 2.07. The number of nitriles is 1. The second kappa shape index (κ2) is 8.31. The predicted octanol–water partition coefficient (Wildman–Crippen LogP) is 0.873. The van der Waals surface area contributed by atoms with Gasteiger partial charge >= 0.3 is 0 Å². The summed E-state index contributed by atoms with van der Waals surface area (Å²) >= 11 is 0. The lowest BCUT2D eigenvalue weighted by atomic mass is 10.2. The summed E-state index contributed by atoms with van der Waals surface area (Å²) < 4.78 is 1.45. The van der Waals surface area contributed by atoms with Crippen LogP contribution in [0.5, 0.6) is 0 Å². The van der Waals surface area contributed by atoms with E-state index < -0.39 is 5.91 Å². The molecule has 0 aliphatic rings. The minimum absolute atomic E-state index is 0.205. The van der Waals surface area contributed by atoms with Crippen LogP contribution in [0.25, 0.3) is 6.08 Å². The van der Waals surface area contributed by atoms with E-state index in [9.17, 15) is 9.59 Å². The van der Waals surface area contributed by atoms with Gasteiger partial charge in [0.05, 0.1) is 12.2 Å². The molecule has 0 spiro atoms. The lowest BCUT2D eigenvalue weighted by molar-refractivity contribution is -0.123. The first-order valence-electron chi connectivity index (χ1n) is 7.50. The van der Waals surface area contributed by atoms with Gasteiger partial charge in [0.2, 0.25) is 5.91 Å². The van der Waals surface area contributed by atoms with E-state index in [-0.39, 0.29) is 12.5 Å². The number of aryl methyl sites for hydroxylation is 2. The average Bonchev–Trinajstić information content (AvgIpc) is 2.89. The van der Waals surface area contributed by atoms with Crippen molar-refractivity contribution in [2.45, 2.75) is 6.92 Å². The number of benzene rings is 1. The lowest BCUT2D eigenvalue weighted by Gasteiger charge is -2.09. The first-order valence-corrected chi connectivity index (χ1v) is 7.50. The van der Waals surface area contributed by atoms with Gasteiger partial charge in [-0.15, -0.1) is 0 Å². The summed E-state index contributed by atoms with van der Waals surface area (Å²) in [6, 6.07) is 11.4. The number of nitrogens with zero attached hydrogens (tertiary/aromatic N) is 3. The number of anilines is 1. The molecular weight excluding hydrogens is 320 g/mol. The van der Waals surface area contributed by atoms with Gasteiger partial charge in [-0.05, 0) is 18.6 Å². The molecular formula is C17H18N6O2. The number of carbonyl (C=O) groups excluding carboxylic acids is 2. The van der Waals surface area contributed by atoms with Crippen molar-refractivity contribution in [3.63, 3.8) is 0 Å². The Morgan fingerprint density at radius 2 is 2.04 bits per heavy atom. The molecule has 0 fully saturated rings. The first-order chi connectivity index (χ1) is 12.0. The maximum atomic E-state index is 11.8. The van der Waals surface area contributed by atoms with Crippen molar-refractivity contribution in [1.29, 1.82) is 5.26 Å². The van der Waals surface area contributed by atoms with Crippen LogP contribution in [0.3, 0.4) is 0 Å². The molecule has 0 saturated carbocycles. The van der Waals surface area contributed by atoms with Gasteiger partial charge in [-0.25, -0.2) is 0 Å². The van der Waals surface area contributed by atoms with E-state index in [2.05, 4.69) is 21.3 Å². The maximum Gasteiger partial charge on any atom is 0.257 e. The van der Waals surface area contributed by atoms with Crippen molar-refractivity contribution in [3.8, 4) is 6.07 Å². The molecule has 2 rings (SSSR count).